The summed E-state index contributed by atoms with van der Waals surface area (Å²) in [5, 5.41) is 4.84. The molecule has 0 radical (unpaired) electrons. The number of hydrogen-bond donors (Lipinski definition) is 1. The molecular weight excluding hydrogens is 645 g/mol. The molecule has 16 heteroatoms. The fourth-order valence-corrected chi connectivity index (χ4v) is 7.69. The molecule has 254 valence electrons. The van der Waals surface area contributed by atoms with Crippen LogP contribution in [0.5, 0.6) is 0 Å². The predicted molar refractivity (Wildman–Crippen MR) is 168 cm³/mol. The number of likely N-dealkylation sites (tertiary alicyclic amines) is 2. The first-order valence-electron chi connectivity index (χ1n) is 15.7. The molecule has 2 aromatic rings. The van der Waals surface area contributed by atoms with Gasteiger partial charge in [0.15, 0.2) is 0 Å². The number of carbonyl (C=O) groups excluding carboxylic acids is 2. The second kappa shape index (κ2) is 14.1. The van der Waals surface area contributed by atoms with Crippen molar-refractivity contribution in [1.82, 2.24) is 28.2 Å². The third-order valence-corrected chi connectivity index (χ3v) is 10.6. The van der Waals surface area contributed by atoms with Crippen molar-refractivity contribution in [1.29, 1.82) is 0 Å². The molecule has 2 fully saturated rings. The first-order chi connectivity index (χ1) is 21.8. The molecule has 46 heavy (non-hydrogen) atoms. The number of rotatable bonds is 10. The van der Waals surface area contributed by atoms with Crippen molar-refractivity contribution in [3.63, 3.8) is 0 Å². The van der Waals surface area contributed by atoms with Crippen LogP contribution in [0.3, 0.4) is 0 Å². The summed E-state index contributed by atoms with van der Waals surface area (Å²) >= 11 is 4.05. The van der Waals surface area contributed by atoms with E-state index in [1.165, 1.54) is 16.4 Å². The van der Waals surface area contributed by atoms with E-state index in [1.54, 1.807) is 6.92 Å². The van der Waals surface area contributed by atoms with Gasteiger partial charge in [0.1, 0.15) is 0 Å². The second-order valence-electron chi connectivity index (χ2n) is 12.1. The number of piperidine rings is 1. The van der Waals surface area contributed by atoms with Crippen molar-refractivity contribution in [3.05, 3.63) is 40.6 Å². The molecule has 0 aliphatic carbocycles. The predicted octanol–water partition coefficient (Wildman–Crippen LogP) is 4.17. The zero-order valence-electron chi connectivity index (χ0n) is 26.1. The number of thiol groups is 1. The minimum Gasteiger partial charge on any atom is -0.449 e. The molecule has 0 unspecified atom stereocenters. The Kier molecular flexibility index (Phi) is 10.6. The van der Waals surface area contributed by atoms with Crippen molar-refractivity contribution in [2.75, 3.05) is 45.6 Å². The van der Waals surface area contributed by atoms with E-state index in [-0.39, 0.29) is 31.2 Å². The van der Waals surface area contributed by atoms with E-state index in [2.05, 4.69) is 17.7 Å². The number of hydrogen-bond acceptors (Lipinski definition) is 8. The molecule has 0 saturated carbocycles. The van der Waals surface area contributed by atoms with Crippen LogP contribution < -0.4 is 0 Å². The fraction of sp³-hybridized carbons (Fsp3) is 0.633. The van der Waals surface area contributed by atoms with Crippen LogP contribution >= 0.6 is 12.8 Å². The van der Waals surface area contributed by atoms with Gasteiger partial charge in [-0.2, -0.15) is 22.6 Å². The SMILES string of the molecule is CCOC(=O)N(S)Cc1cc(-c2nn(CCCN3CCC(N4CCCC4=O)CC3)c3c2CN(S(C)(=O)=O)CC3)ccc1C(F)(F)F. The maximum absolute atomic E-state index is 14.0. The highest BCUT2D eigenvalue weighted by Gasteiger charge is 2.36. The molecule has 0 atom stereocenters. The number of amides is 2. The lowest BCUT2D eigenvalue weighted by Gasteiger charge is -2.36. The van der Waals surface area contributed by atoms with Gasteiger partial charge in [0.2, 0.25) is 15.9 Å². The second-order valence-corrected chi connectivity index (χ2v) is 14.6. The van der Waals surface area contributed by atoms with Gasteiger partial charge in [0.05, 0.1) is 30.7 Å². The maximum atomic E-state index is 14.0. The van der Waals surface area contributed by atoms with E-state index in [0.29, 0.717) is 42.2 Å². The summed E-state index contributed by atoms with van der Waals surface area (Å²) in [4.78, 5) is 28.7. The van der Waals surface area contributed by atoms with Crippen molar-refractivity contribution in [2.45, 2.75) is 77.3 Å². The van der Waals surface area contributed by atoms with Crippen LogP contribution in [0.2, 0.25) is 0 Å². The van der Waals surface area contributed by atoms with Crippen molar-refractivity contribution in [3.8, 4) is 11.3 Å². The van der Waals surface area contributed by atoms with Crippen LogP contribution in [0.15, 0.2) is 18.2 Å². The van der Waals surface area contributed by atoms with Gasteiger partial charge < -0.3 is 14.5 Å². The lowest BCUT2D eigenvalue weighted by atomic mass is 9.97. The quantitative estimate of drug-likeness (QED) is 0.374. The minimum absolute atomic E-state index is 0.0420. The Morgan fingerprint density at radius 3 is 2.50 bits per heavy atom. The Balaban J connectivity index is 1.37. The summed E-state index contributed by atoms with van der Waals surface area (Å²) in [5.74, 6) is 0.259. The number of benzene rings is 1. The molecule has 2 saturated heterocycles. The molecule has 11 nitrogen and oxygen atoms in total. The summed E-state index contributed by atoms with van der Waals surface area (Å²) in [7, 11) is -3.52. The minimum atomic E-state index is -4.68. The van der Waals surface area contributed by atoms with E-state index in [1.807, 2.05) is 9.58 Å². The number of ether oxygens (including phenoxy) is 1. The number of alkyl halides is 3. The van der Waals surface area contributed by atoms with Crippen molar-refractivity contribution >= 4 is 34.8 Å². The van der Waals surface area contributed by atoms with Gasteiger partial charge in [-0.15, -0.1) is 0 Å². The highest BCUT2D eigenvalue weighted by atomic mass is 32.2. The summed E-state index contributed by atoms with van der Waals surface area (Å²) in [6.45, 7) is 5.56. The van der Waals surface area contributed by atoms with E-state index in [9.17, 15) is 31.2 Å². The standard InChI is InChI=1S/C30H41F3N6O5S2/c1-3-44-29(41)39(45)19-22-18-21(7-8-25(22)30(31,32)33)28-24-20-36(46(2,42)43)17-11-26(24)38(34-28)14-5-12-35-15-9-23(10-16-35)37-13-4-6-27(37)40/h7-8,18,23,45H,3-6,9-17,19-20H2,1-2H3. The number of aromatic nitrogens is 2. The van der Waals surface area contributed by atoms with Gasteiger partial charge in [-0.05, 0) is 56.8 Å². The molecule has 3 aliphatic heterocycles. The van der Waals surface area contributed by atoms with E-state index < -0.39 is 34.4 Å². The molecule has 2 amide bonds. The fourth-order valence-electron chi connectivity index (χ4n) is 6.69. The van der Waals surface area contributed by atoms with Gasteiger partial charge in [-0.1, -0.05) is 18.9 Å². The Morgan fingerprint density at radius 1 is 1.13 bits per heavy atom. The Morgan fingerprint density at radius 2 is 1.87 bits per heavy atom. The molecule has 4 heterocycles. The van der Waals surface area contributed by atoms with Crippen LogP contribution in [-0.4, -0.2) is 100 Å². The van der Waals surface area contributed by atoms with Gasteiger partial charge in [-0.25, -0.2) is 17.5 Å². The lowest BCUT2D eigenvalue weighted by molar-refractivity contribution is -0.138. The van der Waals surface area contributed by atoms with Crippen LogP contribution in [-0.2, 0) is 51.8 Å². The molecule has 5 rings (SSSR count). The number of nitrogens with zero attached hydrogens (tertiary/aromatic N) is 6. The largest absolute Gasteiger partial charge is 0.449 e. The summed E-state index contributed by atoms with van der Waals surface area (Å²) in [6, 6.07) is 3.94. The molecule has 1 aromatic heterocycles. The number of sulfonamides is 1. The number of carbonyl (C=O) groups is 2. The van der Waals surface area contributed by atoms with E-state index in [4.69, 9.17) is 9.84 Å². The molecule has 0 N–H and O–H groups in total. The lowest BCUT2D eigenvalue weighted by Crippen LogP contribution is -2.45. The van der Waals surface area contributed by atoms with E-state index in [0.717, 1.165) is 74.2 Å². The first-order valence-corrected chi connectivity index (χ1v) is 17.9. The third kappa shape index (κ3) is 7.82. The molecule has 0 bridgehead atoms. The number of halogens is 3. The van der Waals surface area contributed by atoms with Gasteiger partial charge in [0, 0.05) is 75.0 Å². The maximum Gasteiger partial charge on any atom is 0.419 e. The molecule has 3 aliphatic rings. The highest BCUT2D eigenvalue weighted by Crippen LogP contribution is 2.37. The Bertz CT molecular complexity index is 1540. The first kappa shape index (κ1) is 34.5. The number of fused-ring (bicyclic) bond motifs is 1. The smallest absolute Gasteiger partial charge is 0.419 e. The van der Waals surface area contributed by atoms with Crippen molar-refractivity contribution in [2.24, 2.45) is 0 Å². The summed E-state index contributed by atoms with van der Waals surface area (Å²) < 4.78 is 75.7. The average molecular weight is 687 g/mol. The molecule has 0 spiro atoms. The summed E-state index contributed by atoms with van der Waals surface area (Å²) in [5.41, 5.74) is 1.22. The topological polar surface area (TPSA) is 108 Å². The number of aryl methyl sites for hydroxylation is 1. The van der Waals surface area contributed by atoms with Crippen LogP contribution in [0.25, 0.3) is 11.3 Å². The Hall–Kier alpha value is -2.82. The van der Waals surface area contributed by atoms with Crippen LogP contribution in [0, 0.1) is 0 Å². The monoisotopic (exact) mass is 686 g/mol. The molecule has 1 aromatic carbocycles. The van der Waals surface area contributed by atoms with Gasteiger partial charge in [-0.3, -0.25) is 9.48 Å². The van der Waals surface area contributed by atoms with Crippen molar-refractivity contribution < 1.29 is 35.9 Å². The molecular formula is C30H41F3N6O5S2. The average Bonchev–Trinajstić information content (AvgIpc) is 3.59. The van der Waals surface area contributed by atoms with E-state index >= 15 is 0 Å². The van der Waals surface area contributed by atoms with Crippen LogP contribution in [0.1, 0.15) is 61.4 Å². The normalized spacial score (nSPS) is 18.7. The van der Waals surface area contributed by atoms with Gasteiger partial charge in [0.25, 0.3) is 0 Å². The highest BCUT2D eigenvalue weighted by molar-refractivity contribution is 7.88. The zero-order valence-corrected chi connectivity index (χ0v) is 27.8. The third-order valence-electron chi connectivity index (χ3n) is 9.00. The Labute approximate surface area is 273 Å². The zero-order chi connectivity index (χ0) is 33.2. The van der Waals surface area contributed by atoms with Crippen LogP contribution in [0.4, 0.5) is 18.0 Å². The summed E-state index contributed by atoms with van der Waals surface area (Å²) in [6.07, 6.45) is 0.270. The van der Waals surface area contributed by atoms with Gasteiger partial charge >= 0.3 is 12.3 Å².